The zero-order valence-corrected chi connectivity index (χ0v) is 33.2. The number of fused-ring (bicyclic) bond motifs is 6. The van der Waals surface area contributed by atoms with Gasteiger partial charge < -0.3 is 9.47 Å². The molecule has 0 aliphatic heterocycles. The van der Waals surface area contributed by atoms with Crippen LogP contribution in [0.15, 0.2) is 218 Å². The third-order valence-electron chi connectivity index (χ3n) is 12.4. The van der Waals surface area contributed by atoms with Crippen LogP contribution in [0.1, 0.15) is 25.0 Å². The average Bonchev–Trinajstić information content (AvgIpc) is 3.75. The van der Waals surface area contributed by atoms with Crippen molar-refractivity contribution >= 4 is 38.9 Å². The van der Waals surface area contributed by atoms with Crippen molar-refractivity contribution < 1.29 is 0 Å². The number of aromatic nitrogens is 1. The van der Waals surface area contributed by atoms with Crippen molar-refractivity contribution in [3.8, 4) is 50.2 Å². The van der Waals surface area contributed by atoms with Gasteiger partial charge in [-0.15, -0.1) is 0 Å². The lowest BCUT2D eigenvalue weighted by Crippen LogP contribution is -2.16. The Hall–Kier alpha value is -7.42. The molecule has 11 rings (SSSR count). The largest absolute Gasteiger partial charge is 0.310 e. The van der Waals surface area contributed by atoms with Crippen molar-refractivity contribution in [3.63, 3.8) is 0 Å². The molecule has 9 aromatic carbocycles. The molecule has 1 aliphatic rings. The summed E-state index contributed by atoms with van der Waals surface area (Å²) in [7, 11) is 0. The second-order valence-corrected chi connectivity index (χ2v) is 16.2. The van der Waals surface area contributed by atoms with Crippen molar-refractivity contribution in [2.75, 3.05) is 4.90 Å². The van der Waals surface area contributed by atoms with E-state index in [1.807, 2.05) is 0 Å². The second-order valence-electron chi connectivity index (χ2n) is 16.2. The van der Waals surface area contributed by atoms with Gasteiger partial charge in [-0.25, -0.2) is 0 Å². The van der Waals surface area contributed by atoms with E-state index in [4.69, 9.17) is 0 Å². The Morgan fingerprint density at radius 3 is 1.51 bits per heavy atom. The van der Waals surface area contributed by atoms with Crippen LogP contribution in [-0.2, 0) is 5.41 Å². The van der Waals surface area contributed by atoms with E-state index in [0.29, 0.717) is 0 Å². The van der Waals surface area contributed by atoms with Gasteiger partial charge in [0.2, 0.25) is 0 Å². The summed E-state index contributed by atoms with van der Waals surface area (Å²) in [6, 6.07) is 79.7. The predicted molar refractivity (Wildman–Crippen MR) is 249 cm³/mol. The molecular formula is C57H42N2. The van der Waals surface area contributed by atoms with Crippen LogP contribution in [-0.4, -0.2) is 4.57 Å². The van der Waals surface area contributed by atoms with Crippen LogP contribution >= 0.6 is 0 Å². The Bertz CT molecular complexity index is 3140. The molecule has 1 aromatic heterocycles. The molecule has 0 saturated carbocycles. The lowest BCUT2D eigenvalue weighted by Gasteiger charge is -2.28. The van der Waals surface area contributed by atoms with Crippen LogP contribution in [0.25, 0.3) is 72.0 Å². The highest BCUT2D eigenvalue weighted by atomic mass is 15.1. The summed E-state index contributed by atoms with van der Waals surface area (Å²) < 4.78 is 2.38. The standard InChI is InChI=1S/C57H42N2/c1-57(2)53-36-43(39-14-6-3-7-15-39)28-33-49(53)50-35-32-48(38-54(50)57)58(45-16-8-4-9-17-45)47-30-26-41(27-31-47)40-22-24-42(25-23-40)44-29-34-52-51-20-12-13-21-55(51)59(56(52)37-44)46-18-10-5-11-19-46/h3-38H,1-2H3. The minimum absolute atomic E-state index is 0.143. The molecule has 59 heavy (non-hydrogen) atoms. The van der Waals surface area contributed by atoms with Crippen LogP contribution in [0.5, 0.6) is 0 Å². The molecule has 0 saturated heterocycles. The number of hydrogen-bond donors (Lipinski definition) is 0. The average molecular weight is 755 g/mol. The molecule has 2 nitrogen and oxygen atoms in total. The molecule has 0 spiro atoms. The number of anilines is 3. The quantitative estimate of drug-likeness (QED) is 0.157. The van der Waals surface area contributed by atoms with Gasteiger partial charge in [-0.05, 0) is 122 Å². The van der Waals surface area contributed by atoms with Crippen LogP contribution in [0.4, 0.5) is 17.1 Å². The molecule has 0 atom stereocenters. The summed E-state index contributed by atoms with van der Waals surface area (Å²) in [5.74, 6) is 0. The summed E-state index contributed by atoms with van der Waals surface area (Å²) >= 11 is 0. The zero-order chi connectivity index (χ0) is 39.5. The number of nitrogens with zero attached hydrogens (tertiary/aromatic N) is 2. The van der Waals surface area contributed by atoms with Crippen molar-refractivity contribution in [1.82, 2.24) is 4.57 Å². The summed E-state index contributed by atoms with van der Waals surface area (Å²) in [5, 5.41) is 2.53. The molecule has 10 aromatic rings. The fourth-order valence-corrected chi connectivity index (χ4v) is 9.36. The number of hydrogen-bond acceptors (Lipinski definition) is 1. The lowest BCUT2D eigenvalue weighted by atomic mass is 9.81. The molecule has 0 N–H and O–H groups in total. The monoisotopic (exact) mass is 754 g/mol. The van der Waals surface area contributed by atoms with Crippen molar-refractivity contribution in [3.05, 3.63) is 230 Å². The molecule has 0 fully saturated rings. The first kappa shape index (κ1) is 34.8. The second kappa shape index (κ2) is 13.9. The molecule has 1 aliphatic carbocycles. The normalized spacial score (nSPS) is 12.7. The topological polar surface area (TPSA) is 8.17 Å². The lowest BCUT2D eigenvalue weighted by molar-refractivity contribution is 0.660. The van der Waals surface area contributed by atoms with Crippen LogP contribution in [0.2, 0.25) is 0 Å². The molecule has 0 radical (unpaired) electrons. The summed E-state index contributed by atoms with van der Waals surface area (Å²) in [5.41, 5.74) is 19.5. The Labute approximate surface area is 345 Å². The van der Waals surface area contributed by atoms with Gasteiger partial charge in [0.05, 0.1) is 11.0 Å². The van der Waals surface area contributed by atoms with Crippen LogP contribution in [0, 0.1) is 0 Å². The maximum absolute atomic E-state index is 2.41. The molecule has 0 amide bonds. The van der Waals surface area contributed by atoms with Crippen molar-refractivity contribution in [2.24, 2.45) is 0 Å². The van der Waals surface area contributed by atoms with Gasteiger partial charge in [-0.3, -0.25) is 0 Å². The Morgan fingerprint density at radius 2 is 0.797 bits per heavy atom. The molecule has 2 heteroatoms. The first-order valence-corrected chi connectivity index (χ1v) is 20.5. The maximum Gasteiger partial charge on any atom is 0.0547 e. The van der Waals surface area contributed by atoms with Gasteiger partial charge in [0.25, 0.3) is 0 Å². The van der Waals surface area contributed by atoms with E-state index >= 15 is 0 Å². The van der Waals surface area contributed by atoms with E-state index < -0.39 is 0 Å². The van der Waals surface area contributed by atoms with Gasteiger partial charge in [0, 0.05) is 38.9 Å². The summed E-state index contributed by atoms with van der Waals surface area (Å²) in [4.78, 5) is 2.38. The van der Waals surface area contributed by atoms with Crippen LogP contribution in [0.3, 0.4) is 0 Å². The highest BCUT2D eigenvalue weighted by Gasteiger charge is 2.36. The van der Waals surface area contributed by atoms with Crippen molar-refractivity contribution in [2.45, 2.75) is 19.3 Å². The van der Waals surface area contributed by atoms with Crippen molar-refractivity contribution in [1.29, 1.82) is 0 Å². The highest BCUT2D eigenvalue weighted by Crippen LogP contribution is 2.51. The Morgan fingerprint density at radius 1 is 0.339 bits per heavy atom. The van der Waals surface area contributed by atoms with E-state index in [2.05, 4.69) is 242 Å². The molecule has 1 heterocycles. The first-order chi connectivity index (χ1) is 29.0. The van der Waals surface area contributed by atoms with Gasteiger partial charge in [0.15, 0.2) is 0 Å². The number of rotatable bonds is 7. The van der Waals surface area contributed by atoms with E-state index in [-0.39, 0.29) is 5.41 Å². The molecule has 0 bridgehead atoms. The third-order valence-corrected chi connectivity index (χ3v) is 12.4. The predicted octanol–water partition coefficient (Wildman–Crippen LogP) is 15.6. The van der Waals surface area contributed by atoms with Gasteiger partial charge in [0.1, 0.15) is 0 Å². The summed E-state index contributed by atoms with van der Waals surface area (Å²) in [6.45, 7) is 4.73. The third kappa shape index (κ3) is 5.87. The Balaban J connectivity index is 0.912. The number of benzene rings is 9. The van der Waals surface area contributed by atoms with Gasteiger partial charge in [-0.2, -0.15) is 0 Å². The first-order valence-electron chi connectivity index (χ1n) is 20.5. The van der Waals surface area contributed by atoms with Gasteiger partial charge >= 0.3 is 0 Å². The molecular weight excluding hydrogens is 713 g/mol. The fraction of sp³-hybridized carbons (Fsp3) is 0.0526. The minimum atomic E-state index is -0.143. The minimum Gasteiger partial charge on any atom is -0.310 e. The van der Waals surface area contributed by atoms with Gasteiger partial charge in [-0.1, -0.05) is 166 Å². The fourth-order valence-electron chi connectivity index (χ4n) is 9.36. The SMILES string of the molecule is CC1(C)c2cc(-c3ccccc3)ccc2-c2ccc(N(c3ccccc3)c3ccc(-c4ccc(-c5ccc6c7ccccc7n(-c7ccccc7)c6c5)cc4)cc3)cc21. The maximum atomic E-state index is 2.41. The molecule has 280 valence electrons. The Kier molecular flexibility index (Phi) is 8.20. The zero-order valence-electron chi connectivity index (χ0n) is 33.2. The van der Waals surface area contributed by atoms with E-state index in [9.17, 15) is 0 Å². The smallest absolute Gasteiger partial charge is 0.0547 e. The van der Waals surface area contributed by atoms with E-state index in [1.165, 1.54) is 83.1 Å². The molecule has 0 unspecified atom stereocenters. The van der Waals surface area contributed by atoms with Crippen LogP contribution < -0.4 is 4.90 Å². The van der Waals surface area contributed by atoms with E-state index in [1.54, 1.807) is 0 Å². The van der Waals surface area contributed by atoms with E-state index in [0.717, 1.165) is 17.1 Å². The highest BCUT2D eigenvalue weighted by molar-refractivity contribution is 6.10. The summed E-state index contributed by atoms with van der Waals surface area (Å²) in [6.07, 6.45) is 0. The number of para-hydroxylation sites is 3.